The summed E-state index contributed by atoms with van der Waals surface area (Å²) in [7, 11) is 0. The van der Waals surface area contributed by atoms with Crippen LogP contribution in [0.5, 0.6) is 0 Å². The van der Waals surface area contributed by atoms with E-state index < -0.39 is 0 Å². The van der Waals surface area contributed by atoms with Gasteiger partial charge in [-0.3, -0.25) is 5.43 Å². The molecule has 0 heterocycles. The molecule has 0 aromatic heterocycles. The molecule has 0 saturated carbocycles. The Hall–Kier alpha value is -1.48. The lowest BCUT2D eigenvalue weighted by atomic mass is 10.2. The van der Waals surface area contributed by atoms with Gasteiger partial charge in [-0.05, 0) is 23.8 Å². The van der Waals surface area contributed by atoms with E-state index in [1.54, 1.807) is 18.3 Å². The molecule has 20 heavy (non-hydrogen) atoms. The highest BCUT2D eigenvalue weighted by atomic mass is 35.5. The Morgan fingerprint density at radius 3 is 2.25 bits per heavy atom. The first-order valence-electron chi connectivity index (χ1n) is 5.82. The van der Waals surface area contributed by atoms with Gasteiger partial charge < -0.3 is 0 Å². The predicted octanol–water partition coefficient (Wildman–Crippen LogP) is 5.76. The second kappa shape index (κ2) is 7.34. The summed E-state index contributed by atoms with van der Waals surface area (Å²) >= 11 is 17.9. The van der Waals surface area contributed by atoms with Gasteiger partial charge in [0.2, 0.25) is 0 Å². The maximum atomic E-state index is 6.02. The van der Waals surface area contributed by atoms with Gasteiger partial charge in [-0.1, -0.05) is 71.2 Å². The van der Waals surface area contributed by atoms with E-state index in [9.17, 15) is 0 Å². The van der Waals surface area contributed by atoms with Crippen molar-refractivity contribution in [1.82, 2.24) is 0 Å². The molecule has 2 nitrogen and oxygen atoms in total. The predicted molar refractivity (Wildman–Crippen MR) is 89.1 cm³/mol. The fraction of sp³-hybridized carbons (Fsp3) is 0. The average Bonchev–Trinajstić information content (AvgIpc) is 2.42. The van der Waals surface area contributed by atoms with Crippen molar-refractivity contribution >= 4 is 52.8 Å². The largest absolute Gasteiger partial charge is 0.275 e. The molecule has 2 aromatic rings. The SMILES string of the molecule is Clc1cc(Cl)c(N/N=C\C=C\c2ccccc2)c(Cl)c1. The standard InChI is InChI=1S/C15H11Cl3N2/c16-12-9-13(17)15(14(18)10-12)20-19-8-4-7-11-5-2-1-3-6-11/h1-10,20H/b7-4+,19-8-. The first kappa shape index (κ1) is 14.9. The monoisotopic (exact) mass is 324 g/mol. The number of allylic oxidation sites excluding steroid dienone is 1. The second-order valence-corrected chi connectivity index (χ2v) is 5.16. The molecule has 0 bridgehead atoms. The Morgan fingerprint density at radius 2 is 1.60 bits per heavy atom. The van der Waals surface area contributed by atoms with E-state index >= 15 is 0 Å². The Balaban J connectivity index is 1.99. The van der Waals surface area contributed by atoms with Crippen molar-refractivity contribution in [1.29, 1.82) is 0 Å². The molecule has 102 valence electrons. The van der Waals surface area contributed by atoms with Crippen molar-refractivity contribution < 1.29 is 0 Å². The molecule has 1 N–H and O–H groups in total. The van der Waals surface area contributed by atoms with Crippen LogP contribution in [-0.4, -0.2) is 6.21 Å². The molecule has 2 rings (SSSR count). The number of nitrogens with zero attached hydrogens (tertiary/aromatic N) is 1. The van der Waals surface area contributed by atoms with Crippen molar-refractivity contribution in [3.05, 3.63) is 69.2 Å². The molecule has 2 aromatic carbocycles. The Bertz CT molecular complexity index is 614. The van der Waals surface area contributed by atoms with E-state index in [-0.39, 0.29) is 0 Å². The van der Waals surface area contributed by atoms with Gasteiger partial charge in [0.15, 0.2) is 0 Å². The van der Waals surface area contributed by atoms with E-state index in [4.69, 9.17) is 34.8 Å². The summed E-state index contributed by atoms with van der Waals surface area (Å²) in [6, 6.07) is 13.1. The van der Waals surface area contributed by atoms with E-state index in [2.05, 4.69) is 10.5 Å². The van der Waals surface area contributed by atoms with Crippen LogP contribution in [0.15, 0.2) is 53.6 Å². The van der Waals surface area contributed by atoms with Gasteiger partial charge in [0, 0.05) is 11.2 Å². The number of hydrazone groups is 1. The van der Waals surface area contributed by atoms with Crippen LogP contribution in [-0.2, 0) is 0 Å². The number of anilines is 1. The molecule has 0 radical (unpaired) electrons. The summed E-state index contributed by atoms with van der Waals surface area (Å²) in [6.45, 7) is 0. The molecule has 0 fully saturated rings. The molecule has 0 saturated heterocycles. The minimum atomic E-state index is 0.423. The Morgan fingerprint density at radius 1 is 0.950 bits per heavy atom. The van der Waals surface area contributed by atoms with Crippen molar-refractivity contribution in [3.8, 4) is 0 Å². The first-order valence-corrected chi connectivity index (χ1v) is 6.95. The molecule has 0 spiro atoms. The smallest absolute Gasteiger partial charge is 0.0935 e. The van der Waals surface area contributed by atoms with Gasteiger partial charge in [0.05, 0.1) is 15.7 Å². The highest BCUT2D eigenvalue weighted by Crippen LogP contribution is 2.33. The van der Waals surface area contributed by atoms with Gasteiger partial charge in [-0.2, -0.15) is 5.10 Å². The van der Waals surface area contributed by atoms with Crippen LogP contribution < -0.4 is 5.43 Å². The highest BCUT2D eigenvalue weighted by Gasteiger charge is 2.06. The third kappa shape index (κ3) is 4.27. The molecule has 0 unspecified atom stereocenters. The maximum absolute atomic E-state index is 6.02. The zero-order chi connectivity index (χ0) is 14.4. The van der Waals surface area contributed by atoms with Gasteiger partial charge in [-0.15, -0.1) is 0 Å². The molecule has 0 aliphatic rings. The quantitative estimate of drug-likeness (QED) is 0.561. The number of hydrogen-bond acceptors (Lipinski definition) is 2. The molecule has 0 aliphatic carbocycles. The average molecular weight is 326 g/mol. The topological polar surface area (TPSA) is 24.4 Å². The van der Waals surface area contributed by atoms with Crippen LogP contribution in [0.1, 0.15) is 5.56 Å². The van der Waals surface area contributed by atoms with E-state index in [0.29, 0.717) is 20.8 Å². The summed E-state index contributed by atoms with van der Waals surface area (Å²) in [5.41, 5.74) is 4.42. The van der Waals surface area contributed by atoms with Gasteiger partial charge in [0.25, 0.3) is 0 Å². The van der Waals surface area contributed by atoms with Crippen LogP contribution in [0.3, 0.4) is 0 Å². The van der Waals surface area contributed by atoms with Gasteiger partial charge in [-0.25, -0.2) is 0 Å². The number of hydrogen-bond donors (Lipinski definition) is 1. The van der Waals surface area contributed by atoms with Crippen LogP contribution in [0.25, 0.3) is 6.08 Å². The van der Waals surface area contributed by atoms with Gasteiger partial charge in [0.1, 0.15) is 0 Å². The Kier molecular flexibility index (Phi) is 5.48. The highest BCUT2D eigenvalue weighted by molar-refractivity contribution is 6.41. The zero-order valence-corrected chi connectivity index (χ0v) is 12.6. The molecule has 0 amide bonds. The summed E-state index contributed by atoms with van der Waals surface area (Å²) in [5, 5.41) is 5.36. The van der Waals surface area contributed by atoms with Crippen molar-refractivity contribution in [2.45, 2.75) is 0 Å². The zero-order valence-electron chi connectivity index (χ0n) is 10.4. The minimum Gasteiger partial charge on any atom is -0.275 e. The molecule has 0 aliphatic heterocycles. The van der Waals surface area contributed by atoms with Gasteiger partial charge >= 0.3 is 0 Å². The maximum Gasteiger partial charge on any atom is 0.0935 e. The van der Waals surface area contributed by atoms with Crippen molar-refractivity contribution in [2.24, 2.45) is 5.10 Å². The lowest BCUT2D eigenvalue weighted by Gasteiger charge is -2.05. The third-order valence-corrected chi connectivity index (χ3v) is 3.25. The van der Waals surface area contributed by atoms with Crippen LogP contribution in [0.4, 0.5) is 5.69 Å². The lowest BCUT2D eigenvalue weighted by molar-refractivity contribution is 1.36. The molecule has 0 atom stereocenters. The van der Waals surface area contributed by atoms with Crippen molar-refractivity contribution in [3.63, 3.8) is 0 Å². The summed E-state index contributed by atoms with van der Waals surface area (Å²) < 4.78 is 0. The lowest BCUT2D eigenvalue weighted by Crippen LogP contribution is -1.91. The number of halogens is 3. The summed E-state index contributed by atoms with van der Waals surface area (Å²) in [5.74, 6) is 0. The third-order valence-electron chi connectivity index (χ3n) is 2.43. The summed E-state index contributed by atoms with van der Waals surface area (Å²) in [6.07, 6.45) is 5.38. The molecular formula is C15H11Cl3N2. The van der Waals surface area contributed by atoms with Crippen LogP contribution >= 0.6 is 34.8 Å². The number of nitrogens with one attached hydrogen (secondary N) is 1. The molecule has 5 heteroatoms. The number of benzene rings is 2. The van der Waals surface area contributed by atoms with E-state index in [1.807, 2.05) is 42.5 Å². The van der Waals surface area contributed by atoms with E-state index in [1.165, 1.54) is 0 Å². The first-order chi connectivity index (χ1) is 9.66. The van der Waals surface area contributed by atoms with Crippen LogP contribution in [0.2, 0.25) is 15.1 Å². The summed E-state index contributed by atoms with van der Waals surface area (Å²) in [4.78, 5) is 0. The van der Waals surface area contributed by atoms with Crippen molar-refractivity contribution in [2.75, 3.05) is 5.43 Å². The normalized spacial score (nSPS) is 11.3. The second-order valence-electron chi connectivity index (χ2n) is 3.90. The van der Waals surface area contributed by atoms with E-state index in [0.717, 1.165) is 5.56 Å². The molecular weight excluding hydrogens is 315 g/mol. The minimum absolute atomic E-state index is 0.423. The fourth-order valence-electron chi connectivity index (χ4n) is 1.51. The number of rotatable bonds is 4. The Labute approximate surface area is 132 Å². The van der Waals surface area contributed by atoms with Crippen LogP contribution in [0, 0.1) is 0 Å². The fourth-order valence-corrected chi connectivity index (χ4v) is 2.41.